The van der Waals surface area contributed by atoms with E-state index in [1.807, 2.05) is 36.4 Å². The van der Waals surface area contributed by atoms with E-state index in [1.165, 1.54) is 11.8 Å². The third-order valence-corrected chi connectivity index (χ3v) is 5.06. The number of nitrogens with zero attached hydrogens (tertiary/aromatic N) is 2. The molecule has 7 heteroatoms. The predicted molar refractivity (Wildman–Crippen MR) is 105 cm³/mol. The first-order valence-electron chi connectivity index (χ1n) is 7.82. The largest absolute Gasteiger partial charge is 0.467 e. The van der Waals surface area contributed by atoms with Gasteiger partial charge < -0.3 is 8.83 Å². The fraction of sp³-hybridized carbons (Fsp3) is 0.0526. The van der Waals surface area contributed by atoms with E-state index in [4.69, 9.17) is 8.83 Å². The SMILES string of the molecule is O=C1/C(=C/c2ccc(Br)o2)SC(=Nc2ccccc2)N1Cc1ccco1. The van der Waals surface area contributed by atoms with E-state index in [0.29, 0.717) is 32.8 Å². The molecule has 1 aliphatic heterocycles. The van der Waals surface area contributed by atoms with Gasteiger partial charge in [-0.25, -0.2) is 4.99 Å². The van der Waals surface area contributed by atoms with Gasteiger partial charge in [0.15, 0.2) is 9.84 Å². The van der Waals surface area contributed by atoms with Crippen molar-refractivity contribution in [2.24, 2.45) is 4.99 Å². The van der Waals surface area contributed by atoms with Crippen LogP contribution >= 0.6 is 27.7 Å². The molecule has 0 aliphatic carbocycles. The van der Waals surface area contributed by atoms with Gasteiger partial charge in [-0.15, -0.1) is 0 Å². The number of hydrogen-bond acceptors (Lipinski definition) is 5. The molecule has 0 atom stereocenters. The Kier molecular flexibility index (Phi) is 4.81. The average Bonchev–Trinajstić information content (AvgIpc) is 3.35. The minimum absolute atomic E-state index is 0.131. The highest BCUT2D eigenvalue weighted by atomic mass is 79.9. The molecule has 2 aromatic heterocycles. The molecule has 3 heterocycles. The number of aliphatic imine (C=N–C) groups is 1. The summed E-state index contributed by atoms with van der Waals surface area (Å²) in [6.07, 6.45) is 3.31. The molecule has 0 unspecified atom stereocenters. The van der Waals surface area contributed by atoms with Crippen molar-refractivity contribution in [1.82, 2.24) is 4.90 Å². The van der Waals surface area contributed by atoms with Crippen molar-refractivity contribution < 1.29 is 13.6 Å². The van der Waals surface area contributed by atoms with E-state index in [9.17, 15) is 4.79 Å². The third-order valence-electron chi connectivity index (χ3n) is 3.63. The summed E-state index contributed by atoms with van der Waals surface area (Å²) in [5.41, 5.74) is 0.786. The zero-order valence-electron chi connectivity index (χ0n) is 13.5. The number of hydrogen-bond donors (Lipinski definition) is 0. The summed E-state index contributed by atoms with van der Waals surface area (Å²) < 4.78 is 11.5. The molecule has 1 aromatic carbocycles. The first kappa shape index (κ1) is 16.9. The molecule has 0 spiro atoms. The number of rotatable bonds is 4. The maximum absolute atomic E-state index is 12.9. The molecular formula is C19H13BrN2O3S. The van der Waals surface area contributed by atoms with Gasteiger partial charge in [-0.1, -0.05) is 18.2 Å². The van der Waals surface area contributed by atoms with Gasteiger partial charge in [0.25, 0.3) is 5.91 Å². The van der Waals surface area contributed by atoms with Gasteiger partial charge in [-0.2, -0.15) is 0 Å². The second-order valence-electron chi connectivity index (χ2n) is 5.45. The van der Waals surface area contributed by atoms with Crippen molar-refractivity contribution in [3.05, 3.63) is 82.0 Å². The van der Waals surface area contributed by atoms with Crippen LogP contribution in [0.4, 0.5) is 5.69 Å². The lowest BCUT2D eigenvalue weighted by Crippen LogP contribution is -2.28. The van der Waals surface area contributed by atoms with Gasteiger partial charge >= 0.3 is 0 Å². The molecule has 0 N–H and O–H groups in total. The predicted octanol–water partition coefficient (Wildman–Crippen LogP) is 5.44. The quantitative estimate of drug-likeness (QED) is 0.519. The minimum atomic E-state index is -0.131. The summed E-state index contributed by atoms with van der Waals surface area (Å²) in [6.45, 7) is 0.323. The first-order valence-corrected chi connectivity index (χ1v) is 9.43. The van der Waals surface area contributed by atoms with Crippen LogP contribution in [-0.4, -0.2) is 16.0 Å². The molecule has 1 aliphatic rings. The molecule has 26 heavy (non-hydrogen) atoms. The number of furan rings is 2. The van der Waals surface area contributed by atoms with Crippen LogP contribution < -0.4 is 0 Å². The molecule has 1 fully saturated rings. The Balaban J connectivity index is 1.69. The maximum Gasteiger partial charge on any atom is 0.267 e. The van der Waals surface area contributed by atoms with E-state index >= 15 is 0 Å². The van der Waals surface area contributed by atoms with Gasteiger partial charge in [0, 0.05) is 6.08 Å². The minimum Gasteiger partial charge on any atom is -0.467 e. The lowest BCUT2D eigenvalue weighted by atomic mass is 10.3. The number of halogens is 1. The zero-order valence-corrected chi connectivity index (χ0v) is 15.9. The molecule has 5 nitrogen and oxygen atoms in total. The Labute approximate surface area is 162 Å². The van der Waals surface area contributed by atoms with E-state index in [1.54, 1.807) is 35.4 Å². The van der Waals surface area contributed by atoms with Crippen LogP contribution in [0.5, 0.6) is 0 Å². The molecular weight excluding hydrogens is 416 g/mol. The van der Waals surface area contributed by atoms with E-state index < -0.39 is 0 Å². The van der Waals surface area contributed by atoms with Gasteiger partial charge in [0.05, 0.1) is 23.4 Å². The van der Waals surface area contributed by atoms with Gasteiger partial charge in [-0.3, -0.25) is 9.69 Å². The fourth-order valence-electron chi connectivity index (χ4n) is 2.44. The number of benzene rings is 1. The summed E-state index contributed by atoms with van der Waals surface area (Å²) >= 11 is 4.59. The van der Waals surface area contributed by atoms with Crippen molar-refractivity contribution in [2.75, 3.05) is 0 Å². The van der Waals surface area contributed by atoms with Crippen molar-refractivity contribution in [3.63, 3.8) is 0 Å². The highest BCUT2D eigenvalue weighted by molar-refractivity contribution is 9.10. The number of carbonyl (C=O) groups is 1. The second-order valence-corrected chi connectivity index (χ2v) is 7.24. The summed E-state index contributed by atoms with van der Waals surface area (Å²) in [4.78, 5) is 19.7. The Morgan fingerprint density at radius 2 is 1.96 bits per heavy atom. The standard InChI is InChI=1S/C19H13BrN2O3S/c20-17-9-8-14(25-17)11-16-18(23)22(12-15-7-4-10-24-15)19(26-16)21-13-5-2-1-3-6-13/h1-11H,12H2/b16-11-,21-19?. The van der Waals surface area contributed by atoms with Crippen LogP contribution in [-0.2, 0) is 11.3 Å². The molecule has 0 radical (unpaired) electrons. The Morgan fingerprint density at radius 1 is 1.12 bits per heavy atom. The second kappa shape index (κ2) is 7.39. The number of carbonyl (C=O) groups excluding carboxylic acids is 1. The van der Waals surface area contributed by atoms with E-state index in [2.05, 4.69) is 20.9 Å². The van der Waals surface area contributed by atoms with Crippen molar-refractivity contribution >= 4 is 50.5 Å². The Morgan fingerprint density at radius 3 is 2.65 bits per heavy atom. The van der Waals surface area contributed by atoms with Crippen molar-refractivity contribution in [3.8, 4) is 0 Å². The maximum atomic E-state index is 12.9. The summed E-state index contributed by atoms with van der Waals surface area (Å²) in [5.74, 6) is 1.17. The molecule has 4 rings (SSSR count). The zero-order chi connectivity index (χ0) is 17.9. The number of amidine groups is 1. The van der Waals surface area contributed by atoms with Gasteiger partial charge in [0.1, 0.15) is 11.5 Å². The number of amides is 1. The molecule has 0 saturated carbocycles. The summed E-state index contributed by atoms with van der Waals surface area (Å²) in [6, 6.07) is 16.8. The van der Waals surface area contributed by atoms with E-state index in [0.717, 1.165) is 5.69 Å². The first-order chi connectivity index (χ1) is 12.7. The molecule has 130 valence electrons. The highest BCUT2D eigenvalue weighted by Crippen LogP contribution is 2.35. The molecule has 1 saturated heterocycles. The monoisotopic (exact) mass is 428 g/mol. The number of para-hydroxylation sites is 1. The molecule has 0 bridgehead atoms. The number of thioether (sulfide) groups is 1. The van der Waals surface area contributed by atoms with Gasteiger partial charge in [0.2, 0.25) is 0 Å². The third kappa shape index (κ3) is 3.68. The Hall–Kier alpha value is -2.51. The van der Waals surface area contributed by atoms with Crippen molar-refractivity contribution in [1.29, 1.82) is 0 Å². The summed E-state index contributed by atoms with van der Waals surface area (Å²) in [7, 11) is 0. The van der Waals surface area contributed by atoms with Crippen LogP contribution in [0, 0.1) is 0 Å². The summed E-state index contributed by atoms with van der Waals surface area (Å²) in [5, 5.41) is 0.606. The normalized spacial score (nSPS) is 17.6. The van der Waals surface area contributed by atoms with Crippen LogP contribution in [0.1, 0.15) is 11.5 Å². The molecule has 1 amide bonds. The van der Waals surface area contributed by atoms with E-state index in [-0.39, 0.29) is 5.91 Å². The Bertz CT molecular complexity index is 977. The van der Waals surface area contributed by atoms with Crippen molar-refractivity contribution in [2.45, 2.75) is 6.54 Å². The topological polar surface area (TPSA) is 59.0 Å². The van der Waals surface area contributed by atoms with Crippen LogP contribution in [0.2, 0.25) is 0 Å². The highest BCUT2D eigenvalue weighted by Gasteiger charge is 2.34. The van der Waals surface area contributed by atoms with Gasteiger partial charge in [-0.05, 0) is 64.1 Å². The van der Waals surface area contributed by atoms with Crippen LogP contribution in [0.25, 0.3) is 6.08 Å². The lowest BCUT2D eigenvalue weighted by molar-refractivity contribution is -0.122. The molecule has 3 aromatic rings. The average molecular weight is 429 g/mol. The smallest absolute Gasteiger partial charge is 0.267 e. The lowest BCUT2D eigenvalue weighted by Gasteiger charge is -2.13. The fourth-order valence-corrected chi connectivity index (χ4v) is 3.73. The van der Waals surface area contributed by atoms with Crippen LogP contribution in [0.15, 0.2) is 84.3 Å². The van der Waals surface area contributed by atoms with Crippen LogP contribution in [0.3, 0.4) is 0 Å².